The molecule has 1 aromatic rings. The Morgan fingerprint density at radius 3 is 2.10 bits per heavy atom. The van der Waals surface area contributed by atoms with Crippen LogP contribution < -0.4 is 10.1 Å². The zero-order chi connectivity index (χ0) is 15.2. The molecule has 0 fully saturated rings. The van der Waals surface area contributed by atoms with Crippen LogP contribution in [0.2, 0.25) is 0 Å². The molecule has 0 spiro atoms. The molecule has 0 heterocycles. The Balaban J connectivity index is 2.17. The topological polar surface area (TPSA) is 21.3 Å². The number of rotatable bonds is 13. The van der Waals surface area contributed by atoms with Crippen LogP contribution in [0.25, 0.3) is 0 Å². The van der Waals surface area contributed by atoms with Gasteiger partial charge in [0.15, 0.2) is 0 Å². The van der Waals surface area contributed by atoms with Crippen molar-refractivity contribution in [1.82, 2.24) is 5.32 Å². The van der Waals surface area contributed by atoms with Gasteiger partial charge >= 0.3 is 0 Å². The lowest BCUT2D eigenvalue weighted by molar-refractivity contribution is 0.297. The summed E-state index contributed by atoms with van der Waals surface area (Å²) in [4.78, 5) is 0. The summed E-state index contributed by atoms with van der Waals surface area (Å²) in [6.07, 6.45) is 10.6. The molecule has 0 aliphatic carbocycles. The van der Waals surface area contributed by atoms with Crippen molar-refractivity contribution < 1.29 is 4.74 Å². The van der Waals surface area contributed by atoms with Crippen LogP contribution >= 0.6 is 0 Å². The molecule has 2 heteroatoms. The lowest BCUT2D eigenvalue weighted by Crippen LogP contribution is -2.32. The molecule has 120 valence electrons. The zero-order valence-corrected chi connectivity index (χ0v) is 13.9. The number of hydrogen-bond donors (Lipinski definition) is 1. The van der Waals surface area contributed by atoms with Gasteiger partial charge in [0.25, 0.3) is 0 Å². The van der Waals surface area contributed by atoms with Gasteiger partial charge in [-0.2, -0.15) is 0 Å². The fraction of sp³-hybridized carbons (Fsp3) is 0.684. The van der Waals surface area contributed by atoms with Gasteiger partial charge < -0.3 is 10.1 Å². The van der Waals surface area contributed by atoms with Crippen molar-refractivity contribution in [2.45, 2.75) is 71.3 Å². The van der Waals surface area contributed by atoms with E-state index >= 15 is 0 Å². The van der Waals surface area contributed by atoms with E-state index < -0.39 is 0 Å². The molecule has 0 radical (unpaired) electrons. The van der Waals surface area contributed by atoms with Crippen molar-refractivity contribution in [1.29, 1.82) is 0 Å². The normalized spacial score (nSPS) is 11.0. The van der Waals surface area contributed by atoms with Crippen LogP contribution in [0, 0.1) is 0 Å². The SMILES string of the molecule is CCCCCC(CCCCC)NCCOc1ccccc1. The Hall–Kier alpha value is -1.02. The summed E-state index contributed by atoms with van der Waals surface area (Å²) in [6, 6.07) is 10.7. The summed E-state index contributed by atoms with van der Waals surface area (Å²) in [6.45, 7) is 6.24. The average molecular weight is 291 g/mol. The Bertz CT molecular complexity index is 316. The highest BCUT2D eigenvalue weighted by atomic mass is 16.5. The number of ether oxygens (including phenoxy) is 1. The summed E-state index contributed by atoms with van der Waals surface area (Å²) < 4.78 is 5.75. The molecule has 1 N–H and O–H groups in total. The standard InChI is InChI=1S/C19H33NO/c1-3-5-8-12-18(13-9-6-4-2)20-16-17-21-19-14-10-7-11-15-19/h7,10-11,14-15,18,20H,3-6,8-9,12-13,16-17H2,1-2H3. The van der Waals surface area contributed by atoms with Crippen LogP contribution in [0.5, 0.6) is 5.75 Å². The van der Waals surface area contributed by atoms with Gasteiger partial charge in [-0.1, -0.05) is 70.6 Å². The lowest BCUT2D eigenvalue weighted by Gasteiger charge is -2.19. The summed E-state index contributed by atoms with van der Waals surface area (Å²) in [7, 11) is 0. The highest BCUT2D eigenvalue weighted by Crippen LogP contribution is 2.11. The Morgan fingerprint density at radius 2 is 1.52 bits per heavy atom. The first-order valence-electron chi connectivity index (χ1n) is 8.78. The monoisotopic (exact) mass is 291 g/mol. The van der Waals surface area contributed by atoms with Crippen molar-refractivity contribution in [3.63, 3.8) is 0 Å². The summed E-state index contributed by atoms with van der Waals surface area (Å²) in [5.74, 6) is 0.966. The van der Waals surface area contributed by atoms with E-state index in [0.717, 1.165) is 18.9 Å². The summed E-state index contributed by atoms with van der Waals surface area (Å²) in [5.41, 5.74) is 0. The number of para-hydroxylation sites is 1. The maximum Gasteiger partial charge on any atom is 0.119 e. The van der Waals surface area contributed by atoms with Gasteiger partial charge in [-0.25, -0.2) is 0 Å². The molecule has 0 aromatic heterocycles. The van der Waals surface area contributed by atoms with Crippen molar-refractivity contribution in [2.24, 2.45) is 0 Å². The van der Waals surface area contributed by atoms with E-state index in [2.05, 4.69) is 19.2 Å². The Morgan fingerprint density at radius 1 is 0.905 bits per heavy atom. The first kappa shape index (κ1) is 18.0. The van der Waals surface area contributed by atoms with Gasteiger partial charge in [0, 0.05) is 12.6 Å². The molecule has 2 nitrogen and oxygen atoms in total. The quantitative estimate of drug-likeness (QED) is 0.505. The van der Waals surface area contributed by atoms with Crippen LogP contribution in [-0.2, 0) is 0 Å². The average Bonchev–Trinajstić information content (AvgIpc) is 2.52. The third kappa shape index (κ3) is 9.52. The molecule has 0 aliphatic heterocycles. The number of unbranched alkanes of at least 4 members (excludes halogenated alkanes) is 4. The van der Waals surface area contributed by atoms with Crippen LogP contribution in [0.1, 0.15) is 65.2 Å². The largest absolute Gasteiger partial charge is 0.492 e. The van der Waals surface area contributed by atoms with Crippen LogP contribution in [0.3, 0.4) is 0 Å². The Kier molecular flexibility index (Phi) is 10.9. The molecule has 0 atom stereocenters. The molecule has 21 heavy (non-hydrogen) atoms. The maximum absolute atomic E-state index is 5.75. The van der Waals surface area contributed by atoms with Crippen LogP contribution in [0.15, 0.2) is 30.3 Å². The predicted molar refractivity (Wildman–Crippen MR) is 92.0 cm³/mol. The van der Waals surface area contributed by atoms with Gasteiger partial charge in [-0.05, 0) is 25.0 Å². The predicted octanol–water partition coefficient (Wildman–Crippen LogP) is 5.18. The molecule has 0 amide bonds. The van der Waals surface area contributed by atoms with Crippen molar-refractivity contribution in [3.8, 4) is 5.75 Å². The molecule has 0 bridgehead atoms. The molecular formula is C19H33NO. The van der Waals surface area contributed by atoms with E-state index in [1.54, 1.807) is 0 Å². The fourth-order valence-electron chi connectivity index (χ4n) is 2.58. The molecule has 0 unspecified atom stereocenters. The second kappa shape index (κ2) is 12.7. The van der Waals surface area contributed by atoms with E-state index in [-0.39, 0.29) is 0 Å². The molecule has 1 aromatic carbocycles. The summed E-state index contributed by atoms with van der Waals surface area (Å²) in [5, 5.41) is 3.68. The van der Waals surface area contributed by atoms with E-state index in [0.29, 0.717) is 6.04 Å². The van der Waals surface area contributed by atoms with E-state index in [1.807, 2.05) is 30.3 Å². The first-order chi connectivity index (χ1) is 10.4. The van der Waals surface area contributed by atoms with Crippen LogP contribution in [0.4, 0.5) is 0 Å². The van der Waals surface area contributed by atoms with E-state index in [9.17, 15) is 0 Å². The van der Waals surface area contributed by atoms with Crippen LogP contribution in [-0.4, -0.2) is 19.2 Å². The number of benzene rings is 1. The maximum atomic E-state index is 5.75. The first-order valence-corrected chi connectivity index (χ1v) is 8.78. The zero-order valence-electron chi connectivity index (χ0n) is 13.9. The van der Waals surface area contributed by atoms with Gasteiger partial charge in [0.05, 0.1) is 0 Å². The fourth-order valence-corrected chi connectivity index (χ4v) is 2.58. The van der Waals surface area contributed by atoms with Crippen molar-refractivity contribution >= 4 is 0 Å². The minimum absolute atomic E-state index is 0.669. The molecule has 0 saturated heterocycles. The molecular weight excluding hydrogens is 258 g/mol. The minimum Gasteiger partial charge on any atom is -0.492 e. The second-order valence-corrected chi connectivity index (χ2v) is 5.80. The summed E-state index contributed by atoms with van der Waals surface area (Å²) >= 11 is 0. The molecule has 0 aliphatic rings. The highest BCUT2D eigenvalue weighted by molar-refractivity contribution is 5.20. The van der Waals surface area contributed by atoms with Gasteiger partial charge in [0.1, 0.15) is 12.4 Å². The smallest absolute Gasteiger partial charge is 0.119 e. The van der Waals surface area contributed by atoms with Crippen molar-refractivity contribution in [3.05, 3.63) is 30.3 Å². The molecule has 0 saturated carbocycles. The van der Waals surface area contributed by atoms with E-state index in [1.165, 1.54) is 51.4 Å². The third-order valence-electron chi connectivity index (χ3n) is 3.86. The lowest BCUT2D eigenvalue weighted by atomic mass is 10.0. The van der Waals surface area contributed by atoms with E-state index in [4.69, 9.17) is 4.74 Å². The Labute approximate surface area is 131 Å². The van der Waals surface area contributed by atoms with Gasteiger partial charge in [0.2, 0.25) is 0 Å². The second-order valence-electron chi connectivity index (χ2n) is 5.80. The minimum atomic E-state index is 0.669. The third-order valence-corrected chi connectivity index (χ3v) is 3.86. The number of hydrogen-bond acceptors (Lipinski definition) is 2. The molecule has 1 rings (SSSR count). The highest BCUT2D eigenvalue weighted by Gasteiger charge is 2.07. The number of nitrogens with one attached hydrogen (secondary N) is 1. The van der Waals surface area contributed by atoms with Gasteiger partial charge in [-0.15, -0.1) is 0 Å². The van der Waals surface area contributed by atoms with Crippen molar-refractivity contribution in [2.75, 3.05) is 13.2 Å². The van der Waals surface area contributed by atoms with Gasteiger partial charge in [-0.3, -0.25) is 0 Å².